The van der Waals surface area contributed by atoms with E-state index >= 15 is 0 Å². The number of nitrogens with two attached hydrogens (primary N) is 2. The quantitative estimate of drug-likeness (QED) is 0.561. The summed E-state index contributed by atoms with van der Waals surface area (Å²) in [6, 6.07) is 6.71. The molecular formula is C14H17N3O2. The van der Waals surface area contributed by atoms with Crippen LogP contribution >= 0.6 is 0 Å². The third-order valence-corrected chi connectivity index (χ3v) is 3.05. The van der Waals surface area contributed by atoms with E-state index in [0.29, 0.717) is 23.4 Å². The summed E-state index contributed by atoms with van der Waals surface area (Å²) in [5.74, 6) is -0.222. The molecule has 0 bridgehead atoms. The number of amides is 1. The molecule has 0 spiro atoms. The predicted octanol–water partition coefficient (Wildman–Crippen LogP) is 1.14. The molecule has 5 heteroatoms. The number of allylic oxidation sites excluding steroid dienone is 1. The zero-order valence-corrected chi connectivity index (χ0v) is 10.7. The molecule has 0 aromatic heterocycles. The zero-order valence-electron chi connectivity index (χ0n) is 10.7. The summed E-state index contributed by atoms with van der Waals surface area (Å²) in [6.07, 6.45) is 5.77. The van der Waals surface area contributed by atoms with Gasteiger partial charge in [0.2, 0.25) is 0 Å². The molecule has 1 amide bonds. The van der Waals surface area contributed by atoms with Gasteiger partial charge in [-0.3, -0.25) is 4.79 Å². The lowest BCUT2D eigenvalue weighted by atomic mass is 10.0. The lowest BCUT2D eigenvalue weighted by molar-refractivity contribution is 0.00605. The van der Waals surface area contributed by atoms with Crippen LogP contribution in [0.15, 0.2) is 48.2 Å². The second-order valence-electron chi connectivity index (χ2n) is 4.41. The van der Waals surface area contributed by atoms with E-state index < -0.39 is 5.72 Å². The van der Waals surface area contributed by atoms with Crippen molar-refractivity contribution in [2.75, 3.05) is 12.8 Å². The number of benzene rings is 1. The monoisotopic (exact) mass is 259 g/mol. The second-order valence-corrected chi connectivity index (χ2v) is 4.41. The van der Waals surface area contributed by atoms with E-state index in [0.717, 1.165) is 0 Å². The van der Waals surface area contributed by atoms with Crippen LogP contribution in [0, 0.1) is 0 Å². The summed E-state index contributed by atoms with van der Waals surface area (Å²) < 4.78 is 5.40. The number of ether oxygens (including phenoxy) is 1. The minimum absolute atomic E-state index is 0.222. The molecular weight excluding hydrogens is 242 g/mol. The van der Waals surface area contributed by atoms with Crippen molar-refractivity contribution in [1.82, 2.24) is 5.32 Å². The Labute approximate surface area is 111 Å². The zero-order chi connectivity index (χ0) is 13.9. The highest BCUT2D eigenvalue weighted by Crippen LogP contribution is 2.21. The predicted molar refractivity (Wildman–Crippen MR) is 74.1 cm³/mol. The molecule has 0 saturated heterocycles. The van der Waals surface area contributed by atoms with Crippen molar-refractivity contribution in [1.29, 1.82) is 0 Å². The van der Waals surface area contributed by atoms with Crippen molar-refractivity contribution in [3.05, 3.63) is 53.8 Å². The first-order chi connectivity index (χ1) is 9.04. The molecule has 0 saturated carbocycles. The Morgan fingerprint density at radius 2 is 2.00 bits per heavy atom. The standard InChI is InChI=1S/C14H17N3O2/c1-19-14(8-6-12(16)7-9-14)17-13(18)10-2-4-11(15)5-3-10/h2-8H,9,15-16H2,1H3,(H,17,18). The lowest BCUT2D eigenvalue weighted by Gasteiger charge is -2.31. The average Bonchev–Trinajstić information content (AvgIpc) is 2.42. The third-order valence-electron chi connectivity index (χ3n) is 3.05. The van der Waals surface area contributed by atoms with Gasteiger partial charge in [0.05, 0.1) is 0 Å². The van der Waals surface area contributed by atoms with Gasteiger partial charge in [0.15, 0.2) is 5.72 Å². The first-order valence-electron chi connectivity index (χ1n) is 5.93. The Morgan fingerprint density at radius 1 is 1.32 bits per heavy atom. The summed E-state index contributed by atoms with van der Waals surface area (Å²) in [7, 11) is 1.54. The number of carbonyl (C=O) groups is 1. The SMILES string of the molecule is COC1(NC(=O)c2ccc(N)cc2)C=CC(N)=CC1. The molecule has 1 unspecified atom stereocenters. The molecule has 1 aliphatic carbocycles. The normalized spacial score (nSPS) is 21.8. The molecule has 1 atom stereocenters. The summed E-state index contributed by atoms with van der Waals surface area (Å²) in [5.41, 5.74) is 12.2. The van der Waals surface area contributed by atoms with Crippen LogP contribution in [0.2, 0.25) is 0 Å². The molecule has 1 aromatic carbocycles. The van der Waals surface area contributed by atoms with Gasteiger partial charge in [-0.2, -0.15) is 0 Å². The van der Waals surface area contributed by atoms with E-state index in [1.807, 2.05) is 6.08 Å². The fraction of sp³-hybridized carbons (Fsp3) is 0.214. The average molecular weight is 259 g/mol. The van der Waals surface area contributed by atoms with Gasteiger partial charge in [0.25, 0.3) is 5.91 Å². The number of nitrogen functional groups attached to an aromatic ring is 1. The van der Waals surface area contributed by atoms with Crippen LogP contribution < -0.4 is 16.8 Å². The summed E-state index contributed by atoms with van der Waals surface area (Å²) in [5, 5.41) is 2.85. The van der Waals surface area contributed by atoms with Crippen molar-refractivity contribution in [3.63, 3.8) is 0 Å². The lowest BCUT2D eigenvalue weighted by Crippen LogP contribution is -2.49. The molecule has 5 nitrogen and oxygen atoms in total. The van der Waals surface area contributed by atoms with Gasteiger partial charge in [-0.15, -0.1) is 0 Å². The Balaban J connectivity index is 2.13. The molecule has 5 N–H and O–H groups in total. The van der Waals surface area contributed by atoms with E-state index in [-0.39, 0.29) is 5.91 Å². The van der Waals surface area contributed by atoms with E-state index in [4.69, 9.17) is 16.2 Å². The summed E-state index contributed by atoms with van der Waals surface area (Å²) in [6.45, 7) is 0. The number of carbonyl (C=O) groups excluding carboxylic acids is 1. The molecule has 19 heavy (non-hydrogen) atoms. The number of hydrogen-bond donors (Lipinski definition) is 3. The molecule has 1 aliphatic rings. The first-order valence-corrected chi connectivity index (χ1v) is 5.93. The summed E-state index contributed by atoms with van der Waals surface area (Å²) in [4.78, 5) is 12.2. The smallest absolute Gasteiger partial charge is 0.253 e. The largest absolute Gasteiger partial charge is 0.399 e. The summed E-state index contributed by atoms with van der Waals surface area (Å²) >= 11 is 0. The minimum atomic E-state index is -0.846. The number of methoxy groups -OCH3 is 1. The van der Waals surface area contributed by atoms with E-state index in [1.165, 1.54) is 0 Å². The van der Waals surface area contributed by atoms with Crippen LogP contribution in [0.1, 0.15) is 16.8 Å². The highest BCUT2D eigenvalue weighted by Gasteiger charge is 2.29. The Bertz CT molecular complexity index is 534. The number of hydrogen-bond acceptors (Lipinski definition) is 4. The van der Waals surface area contributed by atoms with Crippen LogP contribution in [0.4, 0.5) is 5.69 Å². The minimum Gasteiger partial charge on any atom is -0.399 e. The molecule has 0 radical (unpaired) electrons. The third kappa shape index (κ3) is 2.95. The maximum atomic E-state index is 12.2. The highest BCUT2D eigenvalue weighted by molar-refractivity contribution is 5.95. The van der Waals surface area contributed by atoms with E-state index in [1.54, 1.807) is 43.5 Å². The topological polar surface area (TPSA) is 90.4 Å². The number of nitrogens with one attached hydrogen (secondary N) is 1. The number of anilines is 1. The highest BCUT2D eigenvalue weighted by atomic mass is 16.5. The molecule has 1 aromatic rings. The van der Waals surface area contributed by atoms with Crippen LogP contribution in [-0.4, -0.2) is 18.7 Å². The maximum absolute atomic E-state index is 12.2. The molecule has 0 aliphatic heterocycles. The molecule has 0 heterocycles. The van der Waals surface area contributed by atoms with Crippen molar-refractivity contribution < 1.29 is 9.53 Å². The van der Waals surface area contributed by atoms with Gasteiger partial charge < -0.3 is 21.5 Å². The number of rotatable bonds is 3. The Kier molecular flexibility index (Phi) is 3.57. The van der Waals surface area contributed by atoms with Gasteiger partial charge in [-0.05, 0) is 36.4 Å². The van der Waals surface area contributed by atoms with Gasteiger partial charge in [0, 0.05) is 30.5 Å². The van der Waals surface area contributed by atoms with Gasteiger partial charge >= 0.3 is 0 Å². The van der Waals surface area contributed by atoms with Crippen LogP contribution in [0.25, 0.3) is 0 Å². The van der Waals surface area contributed by atoms with Crippen LogP contribution in [0.3, 0.4) is 0 Å². The Hall–Kier alpha value is -2.27. The van der Waals surface area contributed by atoms with Crippen molar-refractivity contribution >= 4 is 11.6 Å². The van der Waals surface area contributed by atoms with Crippen molar-refractivity contribution in [2.45, 2.75) is 12.1 Å². The maximum Gasteiger partial charge on any atom is 0.253 e. The van der Waals surface area contributed by atoms with Crippen molar-refractivity contribution in [3.8, 4) is 0 Å². The van der Waals surface area contributed by atoms with Crippen LogP contribution in [-0.2, 0) is 4.74 Å². The van der Waals surface area contributed by atoms with Gasteiger partial charge in [-0.25, -0.2) is 0 Å². The fourth-order valence-corrected chi connectivity index (χ4v) is 1.83. The molecule has 0 fully saturated rings. The second kappa shape index (κ2) is 5.16. The molecule has 100 valence electrons. The molecule has 2 rings (SSSR count). The van der Waals surface area contributed by atoms with Crippen LogP contribution in [0.5, 0.6) is 0 Å². The van der Waals surface area contributed by atoms with Gasteiger partial charge in [-0.1, -0.05) is 6.08 Å². The van der Waals surface area contributed by atoms with Gasteiger partial charge in [0.1, 0.15) is 0 Å². The fourth-order valence-electron chi connectivity index (χ4n) is 1.83. The van der Waals surface area contributed by atoms with Crippen molar-refractivity contribution in [2.24, 2.45) is 5.73 Å². The van der Waals surface area contributed by atoms with E-state index in [9.17, 15) is 4.79 Å². The first kappa shape index (κ1) is 13.2. The Morgan fingerprint density at radius 3 is 2.53 bits per heavy atom. The van der Waals surface area contributed by atoms with E-state index in [2.05, 4.69) is 5.32 Å².